The second-order valence-corrected chi connectivity index (χ2v) is 9.25. The van der Waals surface area contributed by atoms with Crippen LogP contribution in [0, 0.1) is 0 Å². The monoisotopic (exact) mass is 429 g/mol. The first kappa shape index (κ1) is 18.3. The molecule has 0 bridgehead atoms. The molecule has 9 heteroatoms. The fourth-order valence-electron chi connectivity index (χ4n) is 2.61. The Bertz CT molecular complexity index is 763. The topological polar surface area (TPSA) is 73.1 Å². The van der Waals surface area contributed by atoms with Crippen LogP contribution in [0.15, 0.2) is 16.2 Å². The molecule has 136 valence electrons. The van der Waals surface area contributed by atoms with Crippen LogP contribution in [0.5, 0.6) is 0 Å². The number of thiazole rings is 1. The van der Waals surface area contributed by atoms with E-state index in [1.165, 1.54) is 16.2 Å². The van der Waals surface area contributed by atoms with Crippen molar-refractivity contribution in [2.45, 2.75) is 38.8 Å². The van der Waals surface area contributed by atoms with Crippen molar-refractivity contribution >= 4 is 44.1 Å². The number of Topliss-reactive ketones (excluding diaryl/α,β-unsaturated/α-hetero) is 1. The molecule has 7 nitrogen and oxygen atoms in total. The number of rotatable bonds is 3. The number of hydrogen-bond acceptors (Lipinski definition) is 6. The van der Waals surface area contributed by atoms with Crippen molar-refractivity contribution in [3.63, 3.8) is 0 Å². The van der Waals surface area contributed by atoms with Gasteiger partial charge in [0, 0.05) is 18.9 Å². The van der Waals surface area contributed by atoms with Crippen LogP contribution in [0.1, 0.15) is 26.5 Å². The average Bonchev–Trinajstić information content (AvgIpc) is 3.02. The molecule has 1 fully saturated rings. The van der Waals surface area contributed by atoms with E-state index in [-0.39, 0.29) is 18.8 Å². The Kier molecular flexibility index (Phi) is 5.17. The van der Waals surface area contributed by atoms with Crippen molar-refractivity contribution in [3.05, 3.63) is 21.9 Å². The molecule has 3 rings (SSSR count). The van der Waals surface area contributed by atoms with Crippen molar-refractivity contribution < 1.29 is 19.1 Å². The fraction of sp³-hybridized carbons (Fsp3) is 0.562. The predicted molar refractivity (Wildman–Crippen MR) is 97.0 cm³/mol. The number of carbonyl (C=O) groups is 2. The summed E-state index contributed by atoms with van der Waals surface area (Å²) in [5.41, 5.74) is 0.0726. The van der Waals surface area contributed by atoms with Crippen molar-refractivity contribution in [2.24, 2.45) is 0 Å². The highest BCUT2D eigenvalue weighted by atomic mass is 79.9. The Morgan fingerprint density at radius 1 is 1.44 bits per heavy atom. The summed E-state index contributed by atoms with van der Waals surface area (Å²) >= 11 is 4.90. The summed E-state index contributed by atoms with van der Waals surface area (Å²) in [6.07, 6.45) is 3.40. The van der Waals surface area contributed by atoms with Gasteiger partial charge in [-0.3, -0.25) is 14.1 Å². The number of carbonyl (C=O) groups excluding carboxylic acids is 2. The number of halogens is 1. The van der Waals surface area contributed by atoms with Gasteiger partial charge in [-0.15, -0.1) is 0 Å². The summed E-state index contributed by atoms with van der Waals surface area (Å²) < 4.78 is 13.7. The normalized spacial score (nSPS) is 18.6. The van der Waals surface area contributed by atoms with Crippen LogP contribution in [0.4, 0.5) is 4.79 Å². The molecule has 1 aliphatic heterocycles. The van der Waals surface area contributed by atoms with E-state index in [9.17, 15) is 9.59 Å². The second kappa shape index (κ2) is 7.05. The van der Waals surface area contributed by atoms with Gasteiger partial charge in [-0.05, 0) is 36.7 Å². The lowest BCUT2D eigenvalue weighted by Crippen LogP contribution is -2.54. The molecule has 0 N–H and O–H groups in total. The van der Waals surface area contributed by atoms with Gasteiger partial charge in [0.15, 0.2) is 10.7 Å². The minimum Gasteiger partial charge on any atom is -0.444 e. The summed E-state index contributed by atoms with van der Waals surface area (Å²) in [7, 11) is 0. The number of imidazole rings is 1. The summed E-state index contributed by atoms with van der Waals surface area (Å²) in [6.45, 7) is 6.34. The largest absolute Gasteiger partial charge is 0.444 e. The molecule has 1 aliphatic rings. The van der Waals surface area contributed by atoms with Gasteiger partial charge in [0.1, 0.15) is 11.6 Å². The summed E-state index contributed by atoms with van der Waals surface area (Å²) in [5.74, 6) is -0.102. The van der Waals surface area contributed by atoms with Gasteiger partial charge in [0.2, 0.25) is 0 Å². The third kappa shape index (κ3) is 4.39. The first-order valence-corrected chi connectivity index (χ1v) is 9.57. The van der Waals surface area contributed by atoms with E-state index in [2.05, 4.69) is 20.9 Å². The van der Waals surface area contributed by atoms with Crippen LogP contribution in [0.3, 0.4) is 0 Å². The minimum absolute atomic E-state index is 0.102. The highest BCUT2D eigenvalue weighted by molar-refractivity contribution is 9.11. The quantitative estimate of drug-likeness (QED) is 0.749. The summed E-state index contributed by atoms with van der Waals surface area (Å²) in [5, 5.41) is 0. The van der Waals surface area contributed by atoms with E-state index in [0.29, 0.717) is 18.8 Å². The van der Waals surface area contributed by atoms with E-state index < -0.39 is 17.7 Å². The average molecular weight is 430 g/mol. The smallest absolute Gasteiger partial charge is 0.411 e. The van der Waals surface area contributed by atoms with Gasteiger partial charge in [-0.1, -0.05) is 11.3 Å². The van der Waals surface area contributed by atoms with Gasteiger partial charge < -0.3 is 9.47 Å². The Morgan fingerprint density at radius 3 is 2.88 bits per heavy atom. The number of hydrogen-bond donors (Lipinski definition) is 0. The fourth-order valence-corrected chi connectivity index (χ4v) is 3.98. The van der Waals surface area contributed by atoms with Gasteiger partial charge in [0.05, 0.1) is 29.1 Å². The van der Waals surface area contributed by atoms with Crippen LogP contribution in [0.2, 0.25) is 0 Å². The molecule has 2 aromatic rings. The zero-order valence-corrected chi connectivity index (χ0v) is 16.7. The molecule has 2 aromatic heterocycles. The van der Waals surface area contributed by atoms with E-state index in [0.717, 1.165) is 8.75 Å². The number of aromatic nitrogens is 2. The number of fused-ring (bicyclic) bond motifs is 1. The Morgan fingerprint density at radius 2 is 2.20 bits per heavy atom. The highest BCUT2D eigenvalue weighted by Crippen LogP contribution is 2.23. The molecule has 3 heterocycles. The lowest BCUT2D eigenvalue weighted by atomic mass is 10.1. The maximum Gasteiger partial charge on any atom is 0.411 e. The number of nitrogens with zero attached hydrogens (tertiary/aromatic N) is 3. The van der Waals surface area contributed by atoms with Gasteiger partial charge in [0.25, 0.3) is 0 Å². The third-order valence-corrected chi connectivity index (χ3v) is 5.14. The molecule has 0 radical (unpaired) electrons. The number of amides is 1. The number of ketones is 1. The van der Waals surface area contributed by atoms with Gasteiger partial charge in [-0.2, -0.15) is 0 Å². The Hall–Kier alpha value is -1.45. The summed E-state index contributed by atoms with van der Waals surface area (Å²) in [4.78, 5) is 31.9. The standard InChI is InChI=1S/C16H20BrN3O4S/c1-16(2,3)24-15(22)20-4-5-23-9-11(20)12(21)6-10-7-19-8-13(17)25-14(19)18-10/h7-8,11H,4-6,9H2,1-3H3/t11-/m0/s1. The molecular formula is C16H20BrN3O4S. The van der Waals surface area contributed by atoms with E-state index in [1.807, 2.05) is 16.8 Å². The Balaban J connectivity index is 1.71. The van der Waals surface area contributed by atoms with Crippen molar-refractivity contribution in [1.82, 2.24) is 14.3 Å². The van der Waals surface area contributed by atoms with Crippen molar-refractivity contribution in [3.8, 4) is 0 Å². The third-order valence-electron chi connectivity index (χ3n) is 3.66. The van der Waals surface area contributed by atoms with Gasteiger partial charge in [-0.25, -0.2) is 9.78 Å². The zero-order chi connectivity index (χ0) is 18.2. The second-order valence-electron chi connectivity index (χ2n) is 6.86. The first-order chi connectivity index (χ1) is 11.7. The summed E-state index contributed by atoms with van der Waals surface area (Å²) in [6, 6.07) is -0.643. The minimum atomic E-state index is -0.643. The van der Waals surface area contributed by atoms with Gasteiger partial charge >= 0.3 is 6.09 Å². The maximum absolute atomic E-state index is 12.7. The van der Waals surface area contributed by atoms with Crippen molar-refractivity contribution in [2.75, 3.05) is 19.8 Å². The molecule has 0 spiro atoms. The van der Waals surface area contributed by atoms with Crippen molar-refractivity contribution in [1.29, 1.82) is 0 Å². The van der Waals surface area contributed by atoms with E-state index in [1.54, 1.807) is 20.8 Å². The lowest BCUT2D eigenvalue weighted by Gasteiger charge is -2.35. The molecule has 0 unspecified atom stereocenters. The number of ether oxygens (including phenoxy) is 2. The molecule has 1 saturated heterocycles. The van der Waals surface area contributed by atoms with Crippen LogP contribution in [-0.4, -0.2) is 57.6 Å². The Labute approximate surface area is 158 Å². The molecular weight excluding hydrogens is 410 g/mol. The molecule has 1 amide bonds. The van der Waals surface area contributed by atoms with E-state index in [4.69, 9.17) is 9.47 Å². The predicted octanol–water partition coefficient (Wildman–Crippen LogP) is 2.91. The van der Waals surface area contributed by atoms with E-state index >= 15 is 0 Å². The molecule has 25 heavy (non-hydrogen) atoms. The van der Waals surface area contributed by atoms with Crippen LogP contribution >= 0.6 is 27.3 Å². The first-order valence-electron chi connectivity index (χ1n) is 7.96. The molecule has 1 atom stereocenters. The van der Waals surface area contributed by atoms with Crippen LogP contribution < -0.4 is 0 Å². The molecule has 0 aromatic carbocycles. The highest BCUT2D eigenvalue weighted by Gasteiger charge is 2.35. The van der Waals surface area contributed by atoms with Crippen LogP contribution in [-0.2, 0) is 20.7 Å². The zero-order valence-electron chi connectivity index (χ0n) is 14.3. The molecule has 0 aliphatic carbocycles. The number of morpholine rings is 1. The SMILES string of the molecule is CC(C)(C)OC(=O)N1CCOC[C@H]1C(=O)Cc1cn2cc(Br)sc2n1. The lowest BCUT2D eigenvalue weighted by molar-refractivity contribution is -0.129. The molecule has 0 saturated carbocycles. The maximum atomic E-state index is 12.7. The van der Waals surface area contributed by atoms with Crippen LogP contribution in [0.25, 0.3) is 4.96 Å².